The number of halogens is 6. The van der Waals surface area contributed by atoms with Gasteiger partial charge in [-0.3, -0.25) is 4.90 Å². The Labute approximate surface area is 157 Å². The van der Waals surface area contributed by atoms with Crippen molar-refractivity contribution in [2.24, 2.45) is 0 Å². The number of piperazine rings is 1. The second kappa shape index (κ2) is 9.57. The van der Waals surface area contributed by atoms with Crippen molar-refractivity contribution >= 4 is 5.97 Å². The summed E-state index contributed by atoms with van der Waals surface area (Å²) >= 11 is 0. The van der Waals surface area contributed by atoms with Crippen molar-refractivity contribution in [3.8, 4) is 0 Å². The average molecular weight is 416 g/mol. The minimum atomic E-state index is -5.08. The summed E-state index contributed by atoms with van der Waals surface area (Å²) in [4.78, 5) is 10.6. The highest BCUT2D eigenvalue weighted by Gasteiger charge is 2.46. The molecule has 1 unspecified atom stereocenters. The minimum Gasteiger partial charge on any atom is -0.475 e. The predicted octanol–water partition coefficient (Wildman–Crippen LogP) is 2.81. The lowest BCUT2D eigenvalue weighted by Crippen LogP contribution is -2.58. The van der Waals surface area contributed by atoms with E-state index in [-0.39, 0.29) is 12.1 Å². The van der Waals surface area contributed by atoms with Gasteiger partial charge in [0.1, 0.15) is 18.5 Å². The zero-order chi connectivity index (χ0) is 21.7. The van der Waals surface area contributed by atoms with Crippen molar-refractivity contribution in [3.05, 3.63) is 35.6 Å². The van der Waals surface area contributed by atoms with Gasteiger partial charge in [0, 0.05) is 25.2 Å². The van der Waals surface area contributed by atoms with E-state index in [4.69, 9.17) is 15.0 Å². The molecule has 0 saturated carbocycles. The molecule has 3 atom stereocenters. The monoisotopic (exact) mass is 416 g/mol. The molecule has 1 aromatic carbocycles. The second-order valence-electron chi connectivity index (χ2n) is 6.53. The van der Waals surface area contributed by atoms with E-state index in [1.165, 1.54) is 24.3 Å². The molecule has 1 aliphatic heterocycles. The van der Waals surface area contributed by atoms with Crippen molar-refractivity contribution in [2.45, 2.75) is 44.1 Å². The van der Waals surface area contributed by atoms with Gasteiger partial charge in [-0.1, -0.05) is 12.1 Å². The first kappa shape index (κ1) is 24.2. The van der Waals surface area contributed by atoms with Gasteiger partial charge in [0.15, 0.2) is 0 Å². The molecule has 5 nitrogen and oxygen atoms in total. The van der Waals surface area contributed by atoms with Gasteiger partial charge in [-0.15, -0.1) is 0 Å². The fourth-order valence-corrected chi connectivity index (χ4v) is 2.82. The summed E-state index contributed by atoms with van der Waals surface area (Å²) in [5, 5.41) is 19.5. The van der Waals surface area contributed by atoms with E-state index >= 15 is 0 Å². The fourth-order valence-electron chi connectivity index (χ4n) is 2.82. The molecule has 0 amide bonds. The first-order valence-corrected chi connectivity index (χ1v) is 8.33. The van der Waals surface area contributed by atoms with E-state index in [0.717, 1.165) is 0 Å². The zero-order valence-electron chi connectivity index (χ0n) is 15.2. The van der Waals surface area contributed by atoms with Crippen LogP contribution in [0.15, 0.2) is 24.3 Å². The zero-order valence-corrected chi connectivity index (χ0v) is 15.2. The first-order valence-electron chi connectivity index (χ1n) is 8.33. The van der Waals surface area contributed by atoms with Crippen molar-refractivity contribution in [2.75, 3.05) is 19.7 Å². The van der Waals surface area contributed by atoms with Crippen molar-refractivity contribution in [1.29, 1.82) is 0 Å². The molecule has 1 aliphatic rings. The third kappa shape index (κ3) is 6.64. The summed E-state index contributed by atoms with van der Waals surface area (Å²) in [7, 11) is 0. The molecule has 0 radical (unpaired) electrons. The van der Waals surface area contributed by atoms with E-state index in [1.54, 1.807) is 4.90 Å². The molecule has 0 aliphatic carbocycles. The second-order valence-corrected chi connectivity index (χ2v) is 6.53. The molecule has 28 heavy (non-hydrogen) atoms. The molecule has 160 valence electrons. The third-order valence-corrected chi connectivity index (χ3v) is 4.18. The summed E-state index contributed by atoms with van der Waals surface area (Å²) < 4.78 is 73.4. The SMILES string of the molecule is C[C@@H]1CN[C@@H](C)CN1C(c1ccc(F)cc1)C(F)(F)CO.O=C(O)C(F)(F)F. The number of hydrogen-bond donors (Lipinski definition) is 3. The molecule has 0 bridgehead atoms. The minimum absolute atomic E-state index is 0.0821. The summed E-state index contributed by atoms with van der Waals surface area (Å²) in [5.74, 6) is -6.51. The maximum absolute atomic E-state index is 14.3. The fraction of sp³-hybridized carbons (Fsp3) is 0.588. The lowest BCUT2D eigenvalue weighted by molar-refractivity contribution is -0.192. The third-order valence-electron chi connectivity index (χ3n) is 4.18. The van der Waals surface area contributed by atoms with Gasteiger partial charge in [0.2, 0.25) is 0 Å². The largest absolute Gasteiger partial charge is 0.490 e. The van der Waals surface area contributed by atoms with Crippen LogP contribution in [0.3, 0.4) is 0 Å². The summed E-state index contributed by atoms with van der Waals surface area (Å²) in [5.41, 5.74) is 0.316. The first-order chi connectivity index (χ1) is 12.8. The number of aliphatic hydroxyl groups is 1. The van der Waals surface area contributed by atoms with Crippen LogP contribution < -0.4 is 5.32 Å². The maximum Gasteiger partial charge on any atom is 0.490 e. The van der Waals surface area contributed by atoms with Gasteiger partial charge in [0.25, 0.3) is 5.92 Å². The quantitative estimate of drug-likeness (QED) is 0.659. The highest BCUT2D eigenvalue weighted by Crippen LogP contribution is 2.38. The average Bonchev–Trinajstić information content (AvgIpc) is 2.59. The van der Waals surface area contributed by atoms with Crippen molar-refractivity contribution < 1.29 is 41.4 Å². The van der Waals surface area contributed by atoms with Crippen LogP contribution in [0.1, 0.15) is 25.5 Å². The van der Waals surface area contributed by atoms with Crippen LogP contribution >= 0.6 is 0 Å². The Kier molecular flexibility index (Phi) is 8.27. The molecular weight excluding hydrogens is 394 g/mol. The van der Waals surface area contributed by atoms with Crippen LogP contribution in [0.25, 0.3) is 0 Å². The van der Waals surface area contributed by atoms with Crippen LogP contribution in [0.2, 0.25) is 0 Å². The van der Waals surface area contributed by atoms with E-state index in [1.807, 2.05) is 13.8 Å². The molecule has 3 N–H and O–H groups in total. The molecule has 1 fully saturated rings. The smallest absolute Gasteiger partial charge is 0.475 e. The lowest BCUT2D eigenvalue weighted by atomic mass is 9.95. The number of nitrogens with zero attached hydrogens (tertiary/aromatic N) is 1. The number of alkyl halides is 5. The van der Waals surface area contributed by atoms with Gasteiger partial charge in [0.05, 0.1) is 0 Å². The van der Waals surface area contributed by atoms with Gasteiger partial charge in [-0.05, 0) is 31.5 Å². The van der Waals surface area contributed by atoms with E-state index < -0.39 is 36.5 Å². The molecule has 0 spiro atoms. The number of aliphatic hydroxyl groups excluding tert-OH is 1. The van der Waals surface area contributed by atoms with Crippen LogP contribution in [0.4, 0.5) is 26.3 Å². The number of rotatable bonds is 4. The Bertz CT molecular complexity index is 639. The number of hydrogen-bond acceptors (Lipinski definition) is 4. The number of carboxylic acid groups (broad SMARTS) is 1. The van der Waals surface area contributed by atoms with E-state index in [2.05, 4.69) is 5.32 Å². The van der Waals surface area contributed by atoms with Crippen molar-refractivity contribution in [3.63, 3.8) is 0 Å². The molecule has 1 saturated heterocycles. The topological polar surface area (TPSA) is 72.8 Å². The number of carboxylic acids is 1. The standard InChI is InChI=1S/C15H21F3N2O.C2HF3O2/c1-10-8-20(11(2)7-19-10)14(15(17,18)9-21)12-3-5-13(16)6-4-12;3-2(4,5)1(6)7/h3-6,10-11,14,19,21H,7-9H2,1-2H3;(H,6,7)/t10-,11+,14?;/m0./s1. The Hall–Kier alpha value is -1.85. The highest BCUT2D eigenvalue weighted by atomic mass is 19.4. The van der Waals surface area contributed by atoms with E-state index in [9.17, 15) is 26.3 Å². The normalized spacial score (nSPS) is 22.2. The Morgan fingerprint density at radius 3 is 2.14 bits per heavy atom. The molecule has 11 heteroatoms. The van der Waals surface area contributed by atoms with Gasteiger partial charge < -0.3 is 15.5 Å². The summed E-state index contributed by atoms with van der Waals surface area (Å²) in [6, 6.07) is 3.79. The molecule has 0 aromatic heterocycles. The van der Waals surface area contributed by atoms with Gasteiger partial charge in [-0.2, -0.15) is 13.2 Å². The van der Waals surface area contributed by atoms with Gasteiger partial charge in [-0.25, -0.2) is 18.0 Å². The molecule has 1 heterocycles. The van der Waals surface area contributed by atoms with Crippen molar-refractivity contribution in [1.82, 2.24) is 10.2 Å². The van der Waals surface area contributed by atoms with Crippen LogP contribution in [0.5, 0.6) is 0 Å². The molecule has 2 rings (SSSR count). The number of nitrogens with one attached hydrogen (secondary N) is 1. The number of benzene rings is 1. The summed E-state index contributed by atoms with van der Waals surface area (Å²) in [6.45, 7) is 3.60. The highest BCUT2D eigenvalue weighted by molar-refractivity contribution is 5.73. The summed E-state index contributed by atoms with van der Waals surface area (Å²) in [6.07, 6.45) is -5.08. The Morgan fingerprint density at radius 2 is 1.71 bits per heavy atom. The predicted molar refractivity (Wildman–Crippen MR) is 88.5 cm³/mol. The number of aliphatic carboxylic acids is 1. The lowest BCUT2D eigenvalue weighted by Gasteiger charge is -2.44. The van der Waals surface area contributed by atoms with Gasteiger partial charge >= 0.3 is 12.1 Å². The van der Waals surface area contributed by atoms with Crippen LogP contribution in [-0.4, -0.2) is 65.0 Å². The molecular formula is C17H22F6N2O3. The Morgan fingerprint density at radius 1 is 1.21 bits per heavy atom. The number of carbonyl (C=O) groups is 1. The molecule has 1 aromatic rings. The van der Waals surface area contributed by atoms with E-state index in [0.29, 0.717) is 18.7 Å². The van der Waals surface area contributed by atoms with Crippen LogP contribution in [0, 0.1) is 5.82 Å². The van der Waals surface area contributed by atoms with Crippen LogP contribution in [-0.2, 0) is 4.79 Å². The maximum atomic E-state index is 14.3. The Balaban J connectivity index is 0.000000480.